The van der Waals surface area contributed by atoms with Gasteiger partial charge in [0, 0.05) is 5.39 Å². The molecule has 0 radical (unpaired) electrons. The molecule has 0 amide bonds. The van der Waals surface area contributed by atoms with E-state index in [4.69, 9.17) is 9.26 Å². The van der Waals surface area contributed by atoms with Gasteiger partial charge in [0.2, 0.25) is 0 Å². The van der Waals surface area contributed by atoms with E-state index in [1.165, 1.54) is 0 Å². The van der Waals surface area contributed by atoms with Gasteiger partial charge in [-0.2, -0.15) is 4.98 Å². The zero-order valence-corrected chi connectivity index (χ0v) is 10.7. The minimum atomic E-state index is -0.608. The Kier molecular flexibility index (Phi) is 3.12. The van der Waals surface area contributed by atoms with Crippen LogP contribution in [0.2, 0.25) is 0 Å². The first-order chi connectivity index (χ1) is 9.78. The highest BCUT2D eigenvalue weighted by Gasteiger charge is 2.17. The average molecular weight is 269 g/mol. The van der Waals surface area contributed by atoms with Crippen molar-refractivity contribution in [3.8, 4) is 11.6 Å². The molecule has 100 valence electrons. The van der Waals surface area contributed by atoms with Gasteiger partial charge in [-0.3, -0.25) is 0 Å². The first kappa shape index (κ1) is 12.3. The van der Waals surface area contributed by atoms with Gasteiger partial charge in [-0.15, -0.1) is 0 Å². The molecule has 1 aromatic carbocycles. The number of fused-ring (bicyclic) bond motifs is 1. The number of pyridine rings is 1. The Hall–Kier alpha value is -2.76. The van der Waals surface area contributed by atoms with Crippen LogP contribution in [0, 0.1) is 0 Å². The summed E-state index contributed by atoms with van der Waals surface area (Å²) in [5, 5.41) is 4.61. The third kappa shape index (κ3) is 2.23. The zero-order chi connectivity index (χ0) is 13.9. The molecule has 0 fully saturated rings. The van der Waals surface area contributed by atoms with Crippen LogP contribution in [0.25, 0.3) is 22.5 Å². The van der Waals surface area contributed by atoms with Gasteiger partial charge in [-0.1, -0.05) is 24.3 Å². The standard InChI is InChI=1S/C14H11N3O3/c1-2-19-14(18)12-16-13(20-17-12)11-8-7-9-5-3-4-6-10(9)15-11/h3-8H,2H2,1H3. The summed E-state index contributed by atoms with van der Waals surface area (Å²) in [6.45, 7) is 1.97. The number of carbonyl (C=O) groups excluding carboxylic acids is 1. The molecule has 20 heavy (non-hydrogen) atoms. The first-order valence-electron chi connectivity index (χ1n) is 6.15. The van der Waals surface area contributed by atoms with Crippen molar-refractivity contribution in [2.75, 3.05) is 6.61 Å². The average Bonchev–Trinajstić information content (AvgIpc) is 2.97. The second-order valence-corrected chi connectivity index (χ2v) is 4.03. The molecule has 3 aromatic rings. The fourth-order valence-electron chi connectivity index (χ4n) is 1.79. The summed E-state index contributed by atoms with van der Waals surface area (Å²) in [5.74, 6) is -0.515. The normalized spacial score (nSPS) is 10.7. The highest BCUT2D eigenvalue weighted by atomic mass is 16.5. The van der Waals surface area contributed by atoms with E-state index < -0.39 is 5.97 Å². The number of carbonyl (C=O) groups is 1. The fraction of sp³-hybridized carbons (Fsp3) is 0.143. The predicted octanol–water partition coefficient (Wildman–Crippen LogP) is 2.46. The number of hydrogen-bond donors (Lipinski definition) is 0. The lowest BCUT2D eigenvalue weighted by Gasteiger charge is -1.98. The van der Waals surface area contributed by atoms with Crippen molar-refractivity contribution in [3.63, 3.8) is 0 Å². The van der Waals surface area contributed by atoms with Crippen molar-refractivity contribution in [2.45, 2.75) is 6.92 Å². The minimum absolute atomic E-state index is 0.100. The number of nitrogens with zero attached hydrogens (tertiary/aromatic N) is 3. The molecule has 6 heteroatoms. The number of aromatic nitrogens is 3. The van der Waals surface area contributed by atoms with Crippen LogP contribution in [0.15, 0.2) is 40.9 Å². The van der Waals surface area contributed by atoms with Crippen LogP contribution in [0.5, 0.6) is 0 Å². The summed E-state index contributed by atoms with van der Waals surface area (Å²) in [6.07, 6.45) is 0. The van der Waals surface area contributed by atoms with Crippen molar-refractivity contribution in [2.24, 2.45) is 0 Å². The highest BCUT2D eigenvalue weighted by Crippen LogP contribution is 2.19. The third-order valence-corrected chi connectivity index (χ3v) is 2.70. The zero-order valence-electron chi connectivity index (χ0n) is 10.7. The Morgan fingerprint density at radius 1 is 1.20 bits per heavy atom. The van der Waals surface area contributed by atoms with Gasteiger partial charge < -0.3 is 9.26 Å². The predicted molar refractivity (Wildman–Crippen MR) is 71.0 cm³/mol. The Morgan fingerprint density at radius 2 is 2.05 bits per heavy atom. The monoisotopic (exact) mass is 269 g/mol. The van der Waals surface area contributed by atoms with E-state index in [-0.39, 0.29) is 18.3 Å². The Morgan fingerprint density at radius 3 is 2.90 bits per heavy atom. The molecular weight excluding hydrogens is 258 g/mol. The summed E-state index contributed by atoms with van der Waals surface area (Å²) < 4.78 is 9.85. The van der Waals surface area contributed by atoms with E-state index in [0.717, 1.165) is 10.9 Å². The van der Waals surface area contributed by atoms with Gasteiger partial charge in [0.05, 0.1) is 12.1 Å². The lowest BCUT2D eigenvalue weighted by molar-refractivity contribution is 0.0508. The van der Waals surface area contributed by atoms with Crippen molar-refractivity contribution < 1.29 is 14.1 Å². The second-order valence-electron chi connectivity index (χ2n) is 4.03. The minimum Gasteiger partial charge on any atom is -0.460 e. The maximum atomic E-state index is 11.5. The van der Waals surface area contributed by atoms with Gasteiger partial charge in [0.15, 0.2) is 0 Å². The van der Waals surface area contributed by atoms with E-state index >= 15 is 0 Å². The molecule has 0 aliphatic carbocycles. The second kappa shape index (κ2) is 5.08. The summed E-state index contributed by atoms with van der Waals surface area (Å²) in [5.41, 5.74) is 1.34. The molecule has 0 N–H and O–H groups in total. The van der Waals surface area contributed by atoms with Crippen LogP contribution in [0.3, 0.4) is 0 Å². The van der Waals surface area contributed by atoms with Gasteiger partial charge in [0.1, 0.15) is 5.69 Å². The maximum Gasteiger partial charge on any atom is 0.379 e. The molecule has 0 aliphatic heterocycles. The van der Waals surface area contributed by atoms with Crippen LogP contribution in [0.4, 0.5) is 0 Å². The molecule has 2 heterocycles. The smallest absolute Gasteiger partial charge is 0.379 e. The largest absolute Gasteiger partial charge is 0.460 e. The van der Waals surface area contributed by atoms with E-state index in [1.54, 1.807) is 13.0 Å². The van der Waals surface area contributed by atoms with Crippen molar-refractivity contribution in [1.82, 2.24) is 15.1 Å². The number of para-hydroxylation sites is 1. The molecule has 6 nitrogen and oxygen atoms in total. The summed E-state index contributed by atoms with van der Waals surface area (Å²) in [7, 11) is 0. The van der Waals surface area contributed by atoms with Gasteiger partial charge >= 0.3 is 5.97 Å². The van der Waals surface area contributed by atoms with Crippen molar-refractivity contribution >= 4 is 16.9 Å². The van der Waals surface area contributed by atoms with Crippen molar-refractivity contribution in [3.05, 3.63) is 42.2 Å². The van der Waals surface area contributed by atoms with Crippen molar-refractivity contribution in [1.29, 1.82) is 0 Å². The van der Waals surface area contributed by atoms with Crippen LogP contribution in [-0.2, 0) is 4.74 Å². The summed E-state index contributed by atoms with van der Waals surface area (Å²) in [6, 6.07) is 11.4. The number of benzene rings is 1. The molecule has 0 unspecified atom stereocenters. The van der Waals surface area contributed by atoms with E-state index in [2.05, 4.69) is 15.1 Å². The van der Waals surface area contributed by atoms with Gasteiger partial charge in [-0.25, -0.2) is 9.78 Å². The molecule has 0 spiro atoms. The van der Waals surface area contributed by atoms with Crippen LogP contribution >= 0.6 is 0 Å². The van der Waals surface area contributed by atoms with E-state index in [9.17, 15) is 4.79 Å². The first-order valence-corrected chi connectivity index (χ1v) is 6.15. The quantitative estimate of drug-likeness (QED) is 0.679. The fourth-order valence-corrected chi connectivity index (χ4v) is 1.79. The molecule has 0 saturated carbocycles. The molecule has 0 atom stereocenters. The Bertz CT molecular complexity index is 767. The lowest BCUT2D eigenvalue weighted by Crippen LogP contribution is -2.06. The van der Waals surface area contributed by atoms with Crippen LogP contribution in [-0.4, -0.2) is 27.7 Å². The van der Waals surface area contributed by atoms with Gasteiger partial charge in [0.25, 0.3) is 11.7 Å². The molecule has 0 bridgehead atoms. The molecule has 0 aliphatic rings. The topological polar surface area (TPSA) is 78.1 Å². The Balaban J connectivity index is 1.96. The highest BCUT2D eigenvalue weighted by molar-refractivity contribution is 5.85. The summed E-state index contributed by atoms with van der Waals surface area (Å²) in [4.78, 5) is 19.9. The van der Waals surface area contributed by atoms with Gasteiger partial charge in [-0.05, 0) is 24.2 Å². The van der Waals surface area contributed by atoms with Crippen LogP contribution in [0.1, 0.15) is 17.5 Å². The number of esters is 1. The molecular formula is C14H11N3O3. The molecule has 2 aromatic heterocycles. The number of ether oxygens (including phenoxy) is 1. The summed E-state index contributed by atoms with van der Waals surface area (Å²) >= 11 is 0. The third-order valence-electron chi connectivity index (χ3n) is 2.70. The number of hydrogen-bond acceptors (Lipinski definition) is 6. The number of rotatable bonds is 3. The Labute approximate surface area is 114 Å². The lowest BCUT2D eigenvalue weighted by atomic mass is 10.2. The van der Waals surface area contributed by atoms with Crippen LogP contribution < -0.4 is 0 Å². The molecule has 3 rings (SSSR count). The van der Waals surface area contributed by atoms with E-state index in [1.807, 2.05) is 30.3 Å². The maximum absolute atomic E-state index is 11.5. The molecule has 0 saturated heterocycles. The van der Waals surface area contributed by atoms with E-state index in [0.29, 0.717) is 5.69 Å². The SMILES string of the molecule is CCOC(=O)c1noc(-c2ccc3ccccc3n2)n1.